The Bertz CT molecular complexity index is 1450. The number of aliphatic hydroxyl groups excluding tert-OH is 1. The Morgan fingerprint density at radius 3 is 2.38 bits per heavy atom. The SMILES string of the molecule is CCC1(CC)CC(=O)N([C@H]2c3cc(C(=S)CCC[C@@H]4c5ccccc5OC(C)(C)[C@H]4O)ccc3OC2(COC)COC)C(N)=N1. The second kappa shape index (κ2) is 13.0. The molecule has 0 fully saturated rings. The average molecular weight is 638 g/mol. The number of ether oxygens (including phenoxy) is 4. The number of benzene rings is 2. The number of para-hydroxylation sites is 1. The summed E-state index contributed by atoms with van der Waals surface area (Å²) in [4.78, 5) is 21.1. The number of amides is 1. The van der Waals surface area contributed by atoms with Gasteiger partial charge in [0.15, 0.2) is 11.6 Å². The van der Waals surface area contributed by atoms with Gasteiger partial charge in [-0.15, -0.1) is 0 Å². The number of carbonyl (C=O) groups is 1. The molecule has 3 aliphatic heterocycles. The molecule has 3 aliphatic rings. The Labute approximate surface area is 272 Å². The maximum atomic E-state index is 13.9. The molecular weight excluding hydrogens is 590 g/mol. The van der Waals surface area contributed by atoms with Crippen molar-refractivity contribution >= 4 is 28.9 Å². The van der Waals surface area contributed by atoms with Gasteiger partial charge < -0.3 is 29.8 Å². The number of rotatable bonds is 12. The van der Waals surface area contributed by atoms with Crippen molar-refractivity contribution in [2.45, 2.75) is 101 Å². The van der Waals surface area contributed by atoms with Crippen LogP contribution in [0.4, 0.5) is 0 Å². The molecule has 0 aromatic heterocycles. The highest BCUT2D eigenvalue weighted by Gasteiger charge is 2.56. The van der Waals surface area contributed by atoms with Crippen LogP contribution in [0.3, 0.4) is 0 Å². The fraction of sp³-hybridized carbons (Fsp3) is 0.571. The van der Waals surface area contributed by atoms with E-state index < -0.39 is 28.9 Å². The first-order valence-corrected chi connectivity index (χ1v) is 16.3. The number of guanidine groups is 1. The van der Waals surface area contributed by atoms with Crippen LogP contribution in [0.25, 0.3) is 0 Å². The smallest absolute Gasteiger partial charge is 0.232 e. The van der Waals surface area contributed by atoms with Gasteiger partial charge in [0.1, 0.15) is 29.2 Å². The maximum Gasteiger partial charge on any atom is 0.232 e. The first-order chi connectivity index (χ1) is 21.4. The molecule has 45 heavy (non-hydrogen) atoms. The zero-order valence-electron chi connectivity index (χ0n) is 27.3. The summed E-state index contributed by atoms with van der Waals surface area (Å²) in [6.07, 6.45) is 3.28. The molecule has 2 aromatic rings. The lowest BCUT2D eigenvalue weighted by atomic mass is 9.78. The van der Waals surface area contributed by atoms with Gasteiger partial charge in [0.05, 0.1) is 25.2 Å². The summed E-state index contributed by atoms with van der Waals surface area (Å²) in [6, 6.07) is 13.2. The van der Waals surface area contributed by atoms with Gasteiger partial charge in [0, 0.05) is 30.6 Å². The van der Waals surface area contributed by atoms with E-state index in [1.807, 2.05) is 70.2 Å². The Morgan fingerprint density at radius 2 is 1.73 bits per heavy atom. The number of nitrogens with two attached hydrogens (primary N) is 1. The molecule has 5 rings (SSSR count). The highest BCUT2D eigenvalue weighted by molar-refractivity contribution is 7.80. The molecule has 0 saturated carbocycles. The highest BCUT2D eigenvalue weighted by Crippen LogP contribution is 2.49. The van der Waals surface area contributed by atoms with Crippen molar-refractivity contribution < 1.29 is 28.8 Å². The van der Waals surface area contributed by atoms with Crippen molar-refractivity contribution in [1.82, 2.24) is 4.90 Å². The molecule has 3 N–H and O–H groups in total. The lowest BCUT2D eigenvalue weighted by Gasteiger charge is -2.43. The Balaban J connectivity index is 1.42. The van der Waals surface area contributed by atoms with Crippen molar-refractivity contribution in [2.24, 2.45) is 10.7 Å². The Kier molecular flexibility index (Phi) is 9.61. The third kappa shape index (κ3) is 6.10. The molecule has 1 amide bonds. The first-order valence-electron chi connectivity index (χ1n) is 15.9. The van der Waals surface area contributed by atoms with E-state index in [2.05, 4.69) is 0 Å². The fourth-order valence-electron chi connectivity index (χ4n) is 7.29. The van der Waals surface area contributed by atoms with Crippen molar-refractivity contribution in [3.8, 4) is 11.5 Å². The Morgan fingerprint density at radius 1 is 1.07 bits per heavy atom. The molecule has 244 valence electrons. The van der Waals surface area contributed by atoms with Crippen LogP contribution in [0.2, 0.25) is 0 Å². The van der Waals surface area contributed by atoms with E-state index in [4.69, 9.17) is 41.9 Å². The monoisotopic (exact) mass is 637 g/mol. The second-order valence-electron chi connectivity index (χ2n) is 13.1. The topological polar surface area (TPSA) is 116 Å². The molecule has 10 heteroatoms. The predicted octanol–water partition coefficient (Wildman–Crippen LogP) is 5.46. The summed E-state index contributed by atoms with van der Waals surface area (Å²) in [5, 5.41) is 11.2. The molecular formula is C35H47N3O6S. The van der Waals surface area contributed by atoms with Gasteiger partial charge in [-0.2, -0.15) is 0 Å². The van der Waals surface area contributed by atoms with E-state index in [0.717, 1.165) is 53.0 Å². The summed E-state index contributed by atoms with van der Waals surface area (Å²) in [6.45, 7) is 8.27. The molecule has 0 radical (unpaired) electrons. The van der Waals surface area contributed by atoms with Crippen LogP contribution in [0, 0.1) is 0 Å². The molecule has 0 saturated heterocycles. The zero-order valence-corrected chi connectivity index (χ0v) is 28.1. The van der Waals surface area contributed by atoms with Gasteiger partial charge in [-0.3, -0.25) is 9.69 Å². The van der Waals surface area contributed by atoms with Crippen LogP contribution in [-0.4, -0.2) is 77.0 Å². The third-order valence-corrected chi connectivity index (χ3v) is 10.3. The zero-order chi connectivity index (χ0) is 32.6. The van der Waals surface area contributed by atoms with Crippen LogP contribution in [0.15, 0.2) is 47.5 Å². The van der Waals surface area contributed by atoms with Gasteiger partial charge in [-0.25, -0.2) is 4.99 Å². The Hall–Kier alpha value is -3.05. The standard InChI is InChI=1S/C35H47N3O6S/c1-7-34(8-2)19-29(39)38(32(36)37-34)30-25-18-22(16-17-27(25)44-35(30,20-41-5)21-42-6)28(45)15-11-13-24-23-12-9-10-14-26(23)43-33(3,4)31(24)40/h9-10,12,14,16-18,24,30-31,40H,7-8,11,13,15,19-21H2,1-6H3,(H2,36,37)/t24-,30+,31+/m1/s1. The van der Waals surface area contributed by atoms with Crippen LogP contribution < -0.4 is 15.2 Å². The highest BCUT2D eigenvalue weighted by atomic mass is 32.1. The summed E-state index contributed by atoms with van der Waals surface area (Å²) in [5.74, 6) is 1.48. The number of nitrogens with zero attached hydrogens (tertiary/aromatic N) is 2. The van der Waals surface area contributed by atoms with Crippen LogP contribution in [0.5, 0.6) is 11.5 Å². The maximum absolute atomic E-state index is 13.9. The second-order valence-corrected chi connectivity index (χ2v) is 13.6. The van der Waals surface area contributed by atoms with Crippen LogP contribution in [0.1, 0.15) is 94.9 Å². The van der Waals surface area contributed by atoms with Crippen LogP contribution in [-0.2, 0) is 14.3 Å². The van der Waals surface area contributed by atoms with Crippen molar-refractivity contribution in [3.05, 3.63) is 59.2 Å². The molecule has 0 bridgehead atoms. The number of carbonyl (C=O) groups excluding carboxylic acids is 1. The fourth-order valence-corrected chi connectivity index (χ4v) is 7.56. The van der Waals surface area contributed by atoms with E-state index in [-0.39, 0.29) is 37.4 Å². The number of hydrogen-bond donors (Lipinski definition) is 2. The minimum Gasteiger partial charge on any atom is -0.485 e. The van der Waals surface area contributed by atoms with Crippen molar-refractivity contribution in [2.75, 3.05) is 27.4 Å². The van der Waals surface area contributed by atoms with Crippen LogP contribution >= 0.6 is 12.2 Å². The molecule has 0 aliphatic carbocycles. The summed E-state index contributed by atoms with van der Waals surface area (Å²) in [7, 11) is 3.20. The van der Waals surface area contributed by atoms with Crippen molar-refractivity contribution in [3.63, 3.8) is 0 Å². The summed E-state index contributed by atoms with van der Waals surface area (Å²) >= 11 is 5.97. The van der Waals surface area contributed by atoms with Crippen molar-refractivity contribution in [1.29, 1.82) is 0 Å². The van der Waals surface area contributed by atoms with E-state index in [9.17, 15) is 9.90 Å². The number of methoxy groups -OCH3 is 2. The first kappa shape index (κ1) is 33.3. The molecule has 2 aromatic carbocycles. The van der Waals surface area contributed by atoms with E-state index in [1.54, 1.807) is 19.1 Å². The number of aliphatic hydroxyl groups is 1. The minimum atomic E-state index is -1.03. The summed E-state index contributed by atoms with van der Waals surface area (Å²) in [5.41, 5.74) is 7.09. The van der Waals surface area contributed by atoms with Gasteiger partial charge >= 0.3 is 0 Å². The molecule has 3 atom stereocenters. The number of hydrogen-bond acceptors (Lipinski definition) is 9. The third-order valence-electron chi connectivity index (χ3n) is 9.84. The molecule has 0 spiro atoms. The van der Waals surface area contributed by atoms with Gasteiger partial charge in [-0.1, -0.05) is 50.3 Å². The van der Waals surface area contributed by atoms with E-state index in [0.29, 0.717) is 12.2 Å². The van der Waals surface area contributed by atoms with Gasteiger partial charge in [-0.05, 0) is 75.3 Å². The molecule has 3 heterocycles. The van der Waals surface area contributed by atoms with E-state index in [1.165, 1.54) is 0 Å². The quantitative estimate of drug-likeness (QED) is 0.233. The predicted molar refractivity (Wildman–Crippen MR) is 178 cm³/mol. The number of fused-ring (bicyclic) bond motifs is 2. The summed E-state index contributed by atoms with van der Waals surface area (Å²) < 4.78 is 24.0. The van der Waals surface area contributed by atoms with Gasteiger partial charge in [0.25, 0.3) is 0 Å². The largest absolute Gasteiger partial charge is 0.485 e. The minimum absolute atomic E-state index is 0.0556. The van der Waals surface area contributed by atoms with Gasteiger partial charge in [0.2, 0.25) is 5.91 Å². The number of aliphatic imine (C=N–C) groups is 1. The average Bonchev–Trinajstić information content (AvgIpc) is 3.31. The van der Waals surface area contributed by atoms with E-state index >= 15 is 0 Å². The normalized spacial score (nSPS) is 24.2. The number of thiocarbonyl (C=S) groups is 1. The lowest BCUT2D eigenvalue weighted by molar-refractivity contribution is -0.139. The molecule has 9 nitrogen and oxygen atoms in total. The lowest BCUT2D eigenvalue weighted by Crippen LogP contribution is -2.60. The molecule has 0 unspecified atom stereocenters.